The van der Waals surface area contributed by atoms with Gasteiger partial charge in [-0.3, -0.25) is 5.21 Å². The van der Waals surface area contributed by atoms with Crippen LogP contribution in [0.5, 0.6) is 0 Å². The number of nitrogens with zero attached hydrogens (tertiary/aromatic N) is 3. The maximum atomic E-state index is 10.0. The van der Waals surface area contributed by atoms with Crippen molar-refractivity contribution in [1.29, 1.82) is 0 Å². The highest BCUT2D eigenvalue weighted by Crippen LogP contribution is 2.32. The SMILES string of the molecule is OC[C@H]1O[C@](O)(n2cnc(NO)n2)[C@H](O)[C@@H]1O. The molecular formula is C7H12N4O6. The molecule has 0 unspecified atom stereocenters. The Bertz CT molecular complexity index is 399. The highest BCUT2D eigenvalue weighted by molar-refractivity contribution is 5.15. The van der Waals surface area contributed by atoms with Gasteiger partial charge in [0.1, 0.15) is 18.5 Å². The molecule has 1 fully saturated rings. The Balaban J connectivity index is 2.30. The van der Waals surface area contributed by atoms with Crippen LogP contribution in [-0.2, 0) is 10.6 Å². The first-order valence-corrected chi connectivity index (χ1v) is 4.72. The van der Waals surface area contributed by atoms with Crippen molar-refractivity contribution in [2.75, 3.05) is 12.1 Å². The second kappa shape index (κ2) is 4.18. The molecule has 1 saturated heterocycles. The van der Waals surface area contributed by atoms with Crippen molar-refractivity contribution < 1.29 is 30.4 Å². The van der Waals surface area contributed by atoms with Gasteiger partial charge >= 0.3 is 0 Å². The molecule has 10 heteroatoms. The van der Waals surface area contributed by atoms with Crippen LogP contribution >= 0.6 is 0 Å². The number of hydrogen-bond acceptors (Lipinski definition) is 9. The third-order valence-corrected chi connectivity index (χ3v) is 2.51. The molecule has 0 aliphatic carbocycles. The fourth-order valence-corrected chi connectivity index (χ4v) is 1.59. The van der Waals surface area contributed by atoms with Gasteiger partial charge in [-0.25, -0.2) is 5.48 Å². The van der Waals surface area contributed by atoms with Crippen LogP contribution < -0.4 is 5.48 Å². The lowest BCUT2D eigenvalue weighted by atomic mass is 10.1. The van der Waals surface area contributed by atoms with Gasteiger partial charge in [-0.05, 0) is 0 Å². The lowest BCUT2D eigenvalue weighted by molar-refractivity contribution is -0.294. The Labute approximate surface area is 94.7 Å². The van der Waals surface area contributed by atoms with Crippen molar-refractivity contribution in [3.05, 3.63) is 6.33 Å². The summed E-state index contributed by atoms with van der Waals surface area (Å²) in [5.41, 5.74) is 1.64. The number of anilines is 1. The van der Waals surface area contributed by atoms with Gasteiger partial charge in [0, 0.05) is 0 Å². The summed E-state index contributed by atoms with van der Waals surface area (Å²) in [5, 5.41) is 50.1. The topological polar surface area (TPSA) is 153 Å². The van der Waals surface area contributed by atoms with Crippen molar-refractivity contribution >= 4 is 5.95 Å². The summed E-state index contributed by atoms with van der Waals surface area (Å²) in [6.45, 7) is -0.583. The molecule has 0 amide bonds. The molecule has 0 aromatic carbocycles. The molecule has 0 spiro atoms. The first-order valence-electron chi connectivity index (χ1n) is 4.72. The van der Waals surface area contributed by atoms with E-state index in [1.807, 2.05) is 0 Å². The van der Waals surface area contributed by atoms with Crippen LogP contribution in [0.4, 0.5) is 5.95 Å². The van der Waals surface area contributed by atoms with Gasteiger partial charge in [-0.2, -0.15) is 9.67 Å². The largest absolute Gasteiger partial charge is 0.394 e. The third kappa shape index (κ3) is 1.76. The molecule has 0 radical (unpaired) electrons. The van der Waals surface area contributed by atoms with Crippen molar-refractivity contribution in [2.45, 2.75) is 24.2 Å². The molecule has 1 aromatic heterocycles. The lowest BCUT2D eigenvalue weighted by Crippen LogP contribution is -2.46. The van der Waals surface area contributed by atoms with E-state index in [1.54, 1.807) is 5.48 Å². The minimum Gasteiger partial charge on any atom is -0.394 e. The van der Waals surface area contributed by atoms with E-state index in [4.69, 9.17) is 15.1 Å². The minimum absolute atomic E-state index is 0.226. The summed E-state index contributed by atoms with van der Waals surface area (Å²) in [4.78, 5) is 3.53. The molecular weight excluding hydrogens is 236 g/mol. The van der Waals surface area contributed by atoms with Crippen molar-refractivity contribution in [1.82, 2.24) is 14.8 Å². The van der Waals surface area contributed by atoms with Crippen LogP contribution in [0.15, 0.2) is 6.33 Å². The van der Waals surface area contributed by atoms with Gasteiger partial charge in [0.2, 0.25) is 0 Å². The number of aliphatic hydroxyl groups is 4. The predicted octanol–water partition coefficient (Wildman–Crippen LogP) is -3.21. The molecule has 0 saturated carbocycles. The zero-order valence-electron chi connectivity index (χ0n) is 8.50. The number of aromatic nitrogens is 3. The molecule has 10 nitrogen and oxygen atoms in total. The first kappa shape index (κ1) is 12.2. The normalized spacial score (nSPS) is 37.4. The van der Waals surface area contributed by atoms with E-state index in [1.165, 1.54) is 0 Å². The summed E-state index contributed by atoms with van der Waals surface area (Å²) >= 11 is 0. The van der Waals surface area contributed by atoms with E-state index < -0.39 is 30.8 Å². The zero-order valence-corrected chi connectivity index (χ0v) is 8.50. The lowest BCUT2D eigenvalue weighted by Gasteiger charge is -2.25. The Hall–Kier alpha value is -1.30. The smallest absolute Gasteiger partial charge is 0.300 e. The van der Waals surface area contributed by atoms with Gasteiger partial charge < -0.3 is 25.2 Å². The predicted molar refractivity (Wildman–Crippen MR) is 49.6 cm³/mol. The number of hydrogen-bond donors (Lipinski definition) is 6. The van der Waals surface area contributed by atoms with E-state index in [0.717, 1.165) is 11.0 Å². The van der Waals surface area contributed by atoms with E-state index >= 15 is 0 Å². The first-order chi connectivity index (χ1) is 8.02. The maximum Gasteiger partial charge on any atom is 0.300 e. The summed E-state index contributed by atoms with van der Waals surface area (Å²) in [5.74, 6) is -2.58. The summed E-state index contributed by atoms with van der Waals surface area (Å²) in [6.07, 6.45) is -3.36. The van der Waals surface area contributed by atoms with Crippen LogP contribution in [0.3, 0.4) is 0 Å². The van der Waals surface area contributed by atoms with Crippen molar-refractivity contribution in [3.63, 3.8) is 0 Å². The van der Waals surface area contributed by atoms with E-state index in [0.29, 0.717) is 0 Å². The van der Waals surface area contributed by atoms with Crippen molar-refractivity contribution in [2.24, 2.45) is 0 Å². The molecule has 2 heterocycles. The van der Waals surface area contributed by atoms with Crippen LogP contribution in [0.25, 0.3) is 0 Å². The van der Waals surface area contributed by atoms with E-state index in [9.17, 15) is 15.3 Å². The Morgan fingerprint density at radius 2 is 2.24 bits per heavy atom. The standard InChI is InChI=1S/C7H12N4O6/c12-1-3-4(13)5(14)7(15,17-3)11-2-8-6(9-11)10-16/h2-5,12-16H,1H2,(H,9,10)/t3-,4-,5-,7+/m1/s1. The van der Waals surface area contributed by atoms with E-state index in [2.05, 4.69) is 10.1 Å². The average Bonchev–Trinajstić information content (AvgIpc) is 2.89. The Kier molecular flexibility index (Phi) is 2.99. The van der Waals surface area contributed by atoms with Crippen molar-refractivity contribution in [3.8, 4) is 0 Å². The molecule has 0 bridgehead atoms. The molecule has 4 atom stereocenters. The molecule has 17 heavy (non-hydrogen) atoms. The van der Waals surface area contributed by atoms with E-state index in [-0.39, 0.29) is 5.95 Å². The zero-order chi connectivity index (χ0) is 12.6. The third-order valence-electron chi connectivity index (χ3n) is 2.51. The molecule has 1 aliphatic heterocycles. The monoisotopic (exact) mass is 248 g/mol. The minimum atomic E-state index is -2.35. The molecule has 2 rings (SSSR count). The average molecular weight is 248 g/mol. The van der Waals surface area contributed by atoms with Crippen LogP contribution in [0.2, 0.25) is 0 Å². The summed E-state index contributed by atoms with van der Waals surface area (Å²) < 4.78 is 5.64. The van der Waals surface area contributed by atoms with Gasteiger partial charge in [0.25, 0.3) is 11.9 Å². The summed E-state index contributed by atoms with van der Waals surface area (Å²) in [6, 6.07) is 0. The molecule has 6 N–H and O–H groups in total. The van der Waals surface area contributed by atoms with Gasteiger partial charge in [0.15, 0.2) is 6.10 Å². The number of aliphatic hydroxyl groups excluding tert-OH is 3. The van der Waals surface area contributed by atoms with Gasteiger partial charge in [-0.15, -0.1) is 5.10 Å². The number of nitrogens with one attached hydrogen (secondary N) is 1. The second-order valence-electron chi connectivity index (χ2n) is 3.56. The highest BCUT2D eigenvalue weighted by Gasteiger charge is 2.55. The van der Waals surface area contributed by atoms with Gasteiger partial charge in [-0.1, -0.05) is 0 Å². The summed E-state index contributed by atoms with van der Waals surface area (Å²) in [7, 11) is 0. The Morgan fingerprint density at radius 1 is 1.53 bits per heavy atom. The number of ether oxygens (including phenoxy) is 1. The maximum absolute atomic E-state index is 10.0. The van der Waals surface area contributed by atoms with Gasteiger partial charge in [0.05, 0.1) is 6.61 Å². The van der Waals surface area contributed by atoms with Crippen LogP contribution in [-0.4, -0.2) is 65.3 Å². The highest BCUT2D eigenvalue weighted by atomic mass is 16.7. The van der Waals surface area contributed by atoms with Crippen LogP contribution in [0.1, 0.15) is 0 Å². The fourth-order valence-electron chi connectivity index (χ4n) is 1.59. The molecule has 1 aromatic rings. The number of rotatable bonds is 3. The fraction of sp³-hybridized carbons (Fsp3) is 0.714. The molecule has 96 valence electrons. The Morgan fingerprint density at radius 3 is 2.71 bits per heavy atom. The second-order valence-corrected chi connectivity index (χ2v) is 3.56. The quantitative estimate of drug-likeness (QED) is 0.303. The van der Waals surface area contributed by atoms with Crippen LogP contribution in [0, 0.1) is 0 Å². The molecule has 1 aliphatic rings.